The van der Waals surface area contributed by atoms with Gasteiger partial charge in [-0.15, -0.1) is 10.2 Å². The van der Waals surface area contributed by atoms with Gasteiger partial charge in [-0.1, -0.05) is 24.3 Å². The maximum Gasteiger partial charge on any atom is 0.272 e. The SMILES string of the molecule is NNc1ccc(C(=O)NC2Cc3ccccc3C2)nn1. The van der Waals surface area contributed by atoms with Crippen molar-refractivity contribution in [3.63, 3.8) is 0 Å². The molecule has 0 saturated heterocycles. The average Bonchev–Trinajstić information content (AvgIpc) is 2.89. The van der Waals surface area contributed by atoms with Crippen molar-refractivity contribution >= 4 is 11.7 Å². The molecule has 1 amide bonds. The van der Waals surface area contributed by atoms with E-state index in [0.29, 0.717) is 11.5 Å². The average molecular weight is 269 g/mol. The summed E-state index contributed by atoms with van der Waals surface area (Å²) in [5.41, 5.74) is 5.26. The first kappa shape index (κ1) is 12.6. The molecule has 0 saturated carbocycles. The molecule has 0 spiro atoms. The van der Waals surface area contributed by atoms with Crippen LogP contribution in [0.25, 0.3) is 0 Å². The lowest BCUT2D eigenvalue weighted by atomic mass is 10.1. The van der Waals surface area contributed by atoms with Gasteiger partial charge in [0.25, 0.3) is 5.91 Å². The van der Waals surface area contributed by atoms with E-state index in [0.717, 1.165) is 12.8 Å². The van der Waals surface area contributed by atoms with Gasteiger partial charge >= 0.3 is 0 Å². The zero-order chi connectivity index (χ0) is 13.9. The Kier molecular flexibility index (Phi) is 3.30. The lowest BCUT2D eigenvalue weighted by Crippen LogP contribution is -2.35. The van der Waals surface area contributed by atoms with Crippen LogP contribution < -0.4 is 16.6 Å². The Balaban J connectivity index is 1.65. The van der Waals surface area contributed by atoms with Gasteiger partial charge in [-0.2, -0.15) is 0 Å². The fourth-order valence-corrected chi connectivity index (χ4v) is 2.45. The number of hydrogen-bond acceptors (Lipinski definition) is 5. The molecule has 4 N–H and O–H groups in total. The van der Waals surface area contributed by atoms with E-state index in [2.05, 4.69) is 33.1 Å². The molecule has 3 rings (SSSR count). The van der Waals surface area contributed by atoms with Crippen LogP contribution in [-0.2, 0) is 12.8 Å². The first-order valence-corrected chi connectivity index (χ1v) is 6.44. The molecule has 6 heteroatoms. The summed E-state index contributed by atoms with van der Waals surface area (Å²) in [5.74, 6) is 5.42. The van der Waals surface area contributed by atoms with Gasteiger partial charge in [-0.25, -0.2) is 5.84 Å². The molecule has 1 aromatic carbocycles. The number of nitrogens with two attached hydrogens (primary N) is 1. The molecule has 0 fully saturated rings. The van der Waals surface area contributed by atoms with Gasteiger partial charge in [0.1, 0.15) is 0 Å². The zero-order valence-corrected chi connectivity index (χ0v) is 10.8. The van der Waals surface area contributed by atoms with E-state index in [9.17, 15) is 4.79 Å². The molecule has 20 heavy (non-hydrogen) atoms. The van der Waals surface area contributed by atoms with Gasteiger partial charge < -0.3 is 10.7 Å². The fraction of sp³-hybridized carbons (Fsp3) is 0.214. The first-order chi connectivity index (χ1) is 9.76. The summed E-state index contributed by atoms with van der Waals surface area (Å²) < 4.78 is 0. The van der Waals surface area contributed by atoms with Crippen LogP contribution in [0.2, 0.25) is 0 Å². The predicted octanol–water partition coefficient (Wildman–Crippen LogP) is 0.659. The number of nitrogens with zero attached hydrogens (tertiary/aromatic N) is 2. The maximum atomic E-state index is 12.1. The number of hydrazine groups is 1. The van der Waals surface area contributed by atoms with E-state index >= 15 is 0 Å². The van der Waals surface area contributed by atoms with Crippen molar-refractivity contribution in [3.05, 3.63) is 53.2 Å². The molecule has 1 aromatic heterocycles. The van der Waals surface area contributed by atoms with Crippen molar-refractivity contribution in [2.45, 2.75) is 18.9 Å². The van der Waals surface area contributed by atoms with Crippen LogP contribution in [0.4, 0.5) is 5.82 Å². The Morgan fingerprint density at radius 2 is 1.80 bits per heavy atom. The van der Waals surface area contributed by atoms with E-state index < -0.39 is 0 Å². The molecular weight excluding hydrogens is 254 g/mol. The highest BCUT2D eigenvalue weighted by Gasteiger charge is 2.23. The van der Waals surface area contributed by atoms with Gasteiger partial charge in [0.05, 0.1) is 0 Å². The Morgan fingerprint density at radius 1 is 1.10 bits per heavy atom. The highest BCUT2D eigenvalue weighted by molar-refractivity contribution is 5.92. The van der Waals surface area contributed by atoms with Gasteiger partial charge in [-0.3, -0.25) is 4.79 Å². The van der Waals surface area contributed by atoms with Crippen LogP contribution in [-0.4, -0.2) is 22.1 Å². The third kappa shape index (κ3) is 2.46. The minimum atomic E-state index is -0.209. The van der Waals surface area contributed by atoms with Gasteiger partial charge in [0.2, 0.25) is 0 Å². The molecular formula is C14H15N5O. The smallest absolute Gasteiger partial charge is 0.272 e. The minimum absolute atomic E-state index is 0.119. The molecule has 2 aromatic rings. The third-order valence-corrected chi connectivity index (χ3v) is 3.43. The number of rotatable bonds is 3. The number of benzene rings is 1. The highest BCUT2D eigenvalue weighted by Crippen LogP contribution is 2.21. The second kappa shape index (κ2) is 5.26. The second-order valence-electron chi connectivity index (χ2n) is 4.80. The van der Waals surface area contributed by atoms with Crippen LogP contribution in [0.3, 0.4) is 0 Å². The van der Waals surface area contributed by atoms with Gasteiger partial charge in [0, 0.05) is 6.04 Å². The van der Waals surface area contributed by atoms with Crippen molar-refractivity contribution in [2.24, 2.45) is 5.84 Å². The maximum absolute atomic E-state index is 12.1. The molecule has 6 nitrogen and oxygen atoms in total. The van der Waals surface area contributed by atoms with E-state index in [1.807, 2.05) is 12.1 Å². The number of aromatic nitrogens is 2. The van der Waals surface area contributed by atoms with Crippen molar-refractivity contribution in [2.75, 3.05) is 5.43 Å². The fourth-order valence-electron chi connectivity index (χ4n) is 2.45. The molecule has 1 aliphatic rings. The molecule has 0 atom stereocenters. The highest BCUT2D eigenvalue weighted by atomic mass is 16.2. The summed E-state index contributed by atoms with van der Waals surface area (Å²) >= 11 is 0. The largest absolute Gasteiger partial charge is 0.347 e. The van der Waals surface area contributed by atoms with Gasteiger partial charge in [0.15, 0.2) is 11.5 Å². The number of fused-ring (bicyclic) bond motifs is 1. The number of anilines is 1. The number of carbonyl (C=O) groups is 1. The Bertz CT molecular complexity index is 601. The first-order valence-electron chi connectivity index (χ1n) is 6.44. The summed E-state index contributed by atoms with van der Waals surface area (Å²) in [4.78, 5) is 12.1. The second-order valence-corrected chi connectivity index (χ2v) is 4.80. The monoisotopic (exact) mass is 269 g/mol. The molecule has 1 heterocycles. The minimum Gasteiger partial charge on any atom is -0.347 e. The standard InChI is InChI=1S/C14H15N5O/c15-17-13-6-5-12(18-19-13)14(20)16-11-7-9-3-1-2-4-10(9)8-11/h1-6,11H,7-8,15H2,(H,16,20)(H,17,19). The molecule has 0 bridgehead atoms. The number of amides is 1. The number of nitrogen functional groups attached to an aromatic ring is 1. The van der Waals surface area contributed by atoms with E-state index in [-0.39, 0.29) is 11.9 Å². The number of carbonyl (C=O) groups excluding carboxylic acids is 1. The Morgan fingerprint density at radius 3 is 2.35 bits per heavy atom. The normalized spacial score (nSPS) is 13.8. The number of hydrogen-bond donors (Lipinski definition) is 3. The zero-order valence-electron chi connectivity index (χ0n) is 10.8. The lowest BCUT2D eigenvalue weighted by molar-refractivity contribution is 0.0932. The Labute approximate surface area is 116 Å². The Hall–Kier alpha value is -2.47. The molecule has 1 aliphatic carbocycles. The molecule has 0 unspecified atom stereocenters. The summed E-state index contributed by atoms with van der Waals surface area (Å²) in [7, 11) is 0. The van der Waals surface area contributed by atoms with Crippen LogP contribution in [0.1, 0.15) is 21.6 Å². The third-order valence-electron chi connectivity index (χ3n) is 3.43. The summed E-state index contributed by atoms with van der Waals surface area (Å²) in [5, 5.41) is 10.6. The van der Waals surface area contributed by atoms with Crippen molar-refractivity contribution < 1.29 is 4.79 Å². The van der Waals surface area contributed by atoms with Crippen molar-refractivity contribution in [1.29, 1.82) is 0 Å². The molecule has 0 aliphatic heterocycles. The van der Waals surface area contributed by atoms with Crippen LogP contribution in [0.15, 0.2) is 36.4 Å². The summed E-state index contributed by atoms with van der Waals surface area (Å²) in [6.07, 6.45) is 1.72. The predicted molar refractivity (Wildman–Crippen MR) is 74.9 cm³/mol. The lowest BCUT2D eigenvalue weighted by Gasteiger charge is -2.11. The quantitative estimate of drug-likeness (QED) is 0.562. The summed E-state index contributed by atoms with van der Waals surface area (Å²) in [6.45, 7) is 0. The molecule has 0 radical (unpaired) electrons. The van der Waals surface area contributed by atoms with Crippen molar-refractivity contribution in [1.82, 2.24) is 15.5 Å². The van der Waals surface area contributed by atoms with E-state index in [4.69, 9.17) is 5.84 Å². The summed E-state index contributed by atoms with van der Waals surface area (Å²) in [6, 6.07) is 11.6. The van der Waals surface area contributed by atoms with E-state index in [1.54, 1.807) is 12.1 Å². The van der Waals surface area contributed by atoms with E-state index in [1.165, 1.54) is 11.1 Å². The topological polar surface area (TPSA) is 92.9 Å². The van der Waals surface area contributed by atoms with Crippen molar-refractivity contribution in [3.8, 4) is 0 Å². The van der Waals surface area contributed by atoms with Crippen LogP contribution >= 0.6 is 0 Å². The van der Waals surface area contributed by atoms with Crippen LogP contribution in [0.5, 0.6) is 0 Å². The molecule has 102 valence electrons. The number of nitrogens with one attached hydrogen (secondary N) is 2. The van der Waals surface area contributed by atoms with Crippen LogP contribution in [0, 0.1) is 0 Å². The van der Waals surface area contributed by atoms with Gasteiger partial charge in [-0.05, 0) is 36.1 Å².